The quantitative estimate of drug-likeness (QED) is 0.758. The number of rotatable bonds is 1. The Hall–Kier alpha value is -0.810. The number of hydrogen-bond acceptors (Lipinski definition) is 4. The summed E-state index contributed by atoms with van der Waals surface area (Å²) >= 11 is 0. The maximum Gasteiger partial charge on any atom is 0.410 e. The third-order valence-corrected chi connectivity index (χ3v) is 2.51. The summed E-state index contributed by atoms with van der Waals surface area (Å²) in [4.78, 5) is 13.4. The maximum absolute atomic E-state index is 11.9. The molecule has 1 N–H and O–H groups in total. The third-order valence-electron chi connectivity index (χ3n) is 2.51. The summed E-state index contributed by atoms with van der Waals surface area (Å²) in [5.41, 5.74) is -1.46. The van der Waals surface area contributed by atoms with Crippen LogP contribution in [0, 0.1) is 0 Å². The molecule has 1 aliphatic heterocycles. The summed E-state index contributed by atoms with van der Waals surface area (Å²) in [6, 6.07) is 0. The van der Waals surface area contributed by atoms with Gasteiger partial charge in [-0.15, -0.1) is 0 Å². The van der Waals surface area contributed by atoms with E-state index < -0.39 is 11.2 Å². The molecular weight excluding hydrogens is 222 g/mol. The monoisotopic (exact) mass is 245 g/mol. The zero-order valence-electron chi connectivity index (χ0n) is 11.3. The standard InChI is InChI=1S/C12H23NO4/c1-11(2,3)17-10(14)13-6-7-16-9(8-13)12(4,5)15/h9,15H,6-8H2,1-5H3/t9-/m0/s1. The predicted octanol–water partition coefficient (Wildman–Crippen LogP) is 1.39. The lowest BCUT2D eigenvalue weighted by Gasteiger charge is -2.38. The van der Waals surface area contributed by atoms with Gasteiger partial charge in [-0.05, 0) is 34.6 Å². The lowest BCUT2D eigenvalue weighted by Crippen LogP contribution is -2.54. The molecule has 0 saturated carbocycles. The molecule has 0 unspecified atom stereocenters. The van der Waals surface area contributed by atoms with Crippen LogP contribution in [0.25, 0.3) is 0 Å². The Morgan fingerprint density at radius 1 is 1.35 bits per heavy atom. The molecule has 5 heteroatoms. The zero-order chi connectivity index (χ0) is 13.3. The predicted molar refractivity (Wildman–Crippen MR) is 63.8 cm³/mol. The van der Waals surface area contributed by atoms with Crippen LogP contribution in [-0.2, 0) is 9.47 Å². The number of amides is 1. The van der Waals surface area contributed by atoms with Crippen LogP contribution >= 0.6 is 0 Å². The van der Waals surface area contributed by atoms with Crippen LogP contribution in [0.2, 0.25) is 0 Å². The van der Waals surface area contributed by atoms with Gasteiger partial charge in [0.15, 0.2) is 0 Å². The molecule has 1 saturated heterocycles. The Bertz CT molecular complexity index is 277. The fourth-order valence-electron chi connectivity index (χ4n) is 1.57. The molecule has 100 valence electrons. The topological polar surface area (TPSA) is 59.0 Å². The van der Waals surface area contributed by atoms with Crippen molar-refractivity contribution < 1.29 is 19.4 Å². The molecule has 5 nitrogen and oxygen atoms in total. The molecule has 0 aliphatic carbocycles. The van der Waals surface area contributed by atoms with Crippen molar-refractivity contribution in [3.05, 3.63) is 0 Å². The van der Waals surface area contributed by atoms with Gasteiger partial charge in [-0.1, -0.05) is 0 Å². The van der Waals surface area contributed by atoms with Gasteiger partial charge in [0.05, 0.1) is 18.8 Å². The second-order valence-corrected chi connectivity index (χ2v) is 5.94. The van der Waals surface area contributed by atoms with Crippen LogP contribution in [0.3, 0.4) is 0 Å². The van der Waals surface area contributed by atoms with Crippen LogP contribution in [-0.4, -0.2) is 53.1 Å². The van der Waals surface area contributed by atoms with Gasteiger partial charge < -0.3 is 19.5 Å². The van der Waals surface area contributed by atoms with E-state index in [9.17, 15) is 9.90 Å². The fourth-order valence-corrected chi connectivity index (χ4v) is 1.57. The van der Waals surface area contributed by atoms with Gasteiger partial charge in [0.25, 0.3) is 0 Å². The number of ether oxygens (including phenoxy) is 2. The second kappa shape index (κ2) is 4.82. The first-order valence-corrected chi connectivity index (χ1v) is 5.91. The van der Waals surface area contributed by atoms with Crippen LogP contribution < -0.4 is 0 Å². The SMILES string of the molecule is CC(C)(C)OC(=O)N1CCO[C@H](C(C)(C)O)C1. The Morgan fingerprint density at radius 3 is 2.41 bits per heavy atom. The molecule has 1 heterocycles. The van der Waals surface area contributed by atoms with Gasteiger partial charge in [-0.2, -0.15) is 0 Å². The van der Waals surface area contributed by atoms with Gasteiger partial charge in [0.1, 0.15) is 11.7 Å². The van der Waals surface area contributed by atoms with Gasteiger partial charge in [0.2, 0.25) is 0 Å². The lowest BCUT2D eigenvalue weighted by atomic mass is 10.0. The molecule has 0 spiro atoms. The van der Waals surface area contributed by atoms with Gasteiger partial charge in [-0.3, -0.25) is 0 Å². The fraction of sp³-hybridized carbons (Fsp3) is 0.917. The van der Waals surface area contributed by atoms with E-state index >= 15 is 0 Å². The molecule has 0 bridgehead atoms. The van der Waals surface area contributed by atoms with E-state index in [1.807, 2.05) is 20.8 Å². The van der Waals surface area contributed by atoms with Crippen LogP contribution in [0.15, 0.2) is 0 Å². The average molecular weight is 245 g/mol. The van der Waals surface area contributed by atoms with E-state index in [0.29, 0.717) is 19.7 Å². The van der Waals surface area contributed by atoms with E-state index in [4.69, 9.17) is 9.47 Å². The van der Waals surface area contributed by atoms with Gasteiger partial charge >= 0.3 is 6.09 Å². The Morgan fingerprint density at radius 2 is 1.94 bits per heavy atom. The van der Waals surface area contributed by atoms with Crippen LogP contribution in [0.5, 0.6) is 0 Å². The summed E-state index contributed by atoms with van der Waals surface area (Å²) in [6.45, 7) is 10.1. The van der Waals surface area contributed by atoms with Crippen molar-refractivity contribution in [1.82, 2.24) is 4.90 Å². The highest BCUT2D eigenvalue weighted by Gasteiger charge is 2.35. The highest BCUT2D eigenvalue weighted by atomic mass is 16.6. The van der Waals surface area contributed by atoms with Gasteiger partial charge in [-0.25, -0.2) is 4.79 Å². The first-order chi connectivity index (χ1) is 7.59. The van der Waals surface area contributed by atoms with E-state index in [-0.39, 0.29) is 12.2 Å². The average Bonchev–Trinajstić information content (AvgIpc) is 2.14. The lowest BCUT2D eigenvalue weighted by molar-refractivity contribution is -0.125. The molecule has 1 aliphatic rings. The highest BCUT2D eigenvalue weighted by molar-refractivity contribution is 5.68. The summed E-state index contributed by atoms with van der Waals surface area (Å²) in [5.74, 6) is 0. The number of carbonyl (C=O) groups excluding carboxylic acids is 1. The van der Waals surface area contributed by atoms with Crippen molar-refractivity contribution in [2.24, 2.45) is 0 Å². The molecular formula is C12H23NO4. The minimum absolute atomic E-state index is 0.352. The van der Waals surface area contributed by atoms with E-state index in [1.165, 1.54) is 0 Å². The van der Waals surface area contributed by atoms with E-state index in [2.05, 4.69) is 0 Å². The highest BCUT2D eigenvalue weighted by Crippen LogP contribution is 2.19. The molecule has 0 aromatic carbocycles. The Labute approximate surface area is 103 Å². The molecule has 1 rings (SSSR count). The molecule has 17 heavy (non-hydrogen) atoms. The van der Waals surface area contributed by atoms with E-state index in [1.54, 1.807) is 18.7 Å². The first-order valence-electron chi connectivity index (χ1n) is 5.91. The van der Waals surface area contributed by atoms with Crippen molar-refractivity contribution in [1.29, 1.82) is 0 Å². The molecule has 0 aromatic heterocycles. The summed E-state index contributed by atoms with van der Waals surface area (Å²) in [5, 5.41) is 9.87. The number of aliphatic hydroxyl groups is 1. The largest absolute Gasteiger partial charge is 0.444 e. The summed E-state index contributed by atoms with van der Waals surface area (Å²) < 4.78 is 10.7. The molecule has 1 atom stereocenters. The van der Waals surface area contributed by atoms with Crippen molar-refractivity contribution in [3.63, 3.8) is 0 Å². The number of carbonyl (C=O) groups is 1. The summed E-state index contributed by atoms with van der Waals surface area (Å²) in [7, 11) is 0. The van der Waals surface area contributed by atoms with E-state index in [0.717, 1.165) is 0 Å². The molecule has 0 aromatic rings. The van der Waals surface area contributed by atoms with Gasteiger partial charge in [0, 0.05) is 6.54 Å². The number of hydrogen-bond donors (Lipinski definition) is 1. The molecule has 0 radical (unpaired) electrons. The summed E-state index contributed by atoms with van der Waals surface area (Å²) in [6.07, 6.45) is -0.723. The molecule has 1 amide bonds. The zero-order valence-corrected chi connectivity index (χ0v) is 11.3. The number of nitrogens with zero attached hydrogens (tertiary/aromatic N) is 1. The normalized spacial score (nSPS) is 22.5. The van der Waals surface area contributed by atoms with Crippen molar-refractivity contribution in [2.75, 3.05) is 19.7 Å². The minimum Gasteiger partial charge on any atom is -0.444 e. The van der Waals surface area contributed by atoms with Crippen LogP contribution in [0.1, 0.15) is 34.6 Å². The minimum atomic E-state index is -0.958. The third kappa shape index (κ3) is 4.52. The maximum atomic E-state index is 11.9. The smallest absolute Gasteiger partial charge is 0.410 e. The first kappa shape index (κ1) is 14.3. The van der Waals surface area contributed by atoms with Crippen molar-refractivity contribution in [3.8, 4) is 0 Å². The van der Waals surface area contributed by atoms with Crippen molar-refractivity contribution >= 4 is 6.09 Å². The van der Waals surface area contributed by atoms with Crippen molar-refractivity contribution in [2.45, 2.75) is 51.9 Å². The second-order valence-electron chi connectivity index (χ2n) is 5.94. The molecule has 1 fully saturated rings. The number of morpholine rings is 1. The van der Waals surface area contributed by atoms with Crippen LogP contribution in [0.4, 0.5) is 4.79 Å². The Balaban J connectivity index is 2.58. The Kier molecular flexibility index (Phi) is 4.04.